The fourth-order valence-electron chi connectivity index (χ4n) is 3.33. The van der Waals surface area contributed by atoms with Gasteiger partial charge in [-0.15, -0.1) is 0 Å². The van der Waals surface area contributed by atoms with Gasteiger partial charge in [0, 0.05) is 21.7 Å². The minimum absolute atomic E-state index is 0.265. The van der Waals surface area contributed by atoms with E-state index in [0.29, 0.717) is 22.5 Å². The highest BCUT2D eigenvalue weighted by Crippen LogP contribution is 2.28. The molecule has 1 heterocycles. The van der Waals surface area contributed by atoms with Crippen molar-refractivity contribution in [3.63, 3.8) is 0 Å². The van der Waals surface area contributed by atoms with Crippen LogP contribution in [-0.2, 0) is 4.79 Å². The number of para-hydroxylation sites is 1. The minimum Gasteiger partial charge on any atom is -0.322 e. The molecule has 1 aliphatic heterocycles. The molecule has 0 aliphatic carbocycles. The van der Waals surface area contributed by atoms with E-state index in [-0.39, 0.29) is 5.56 Å². The molecule has 0 saturated carbocycles. The van der Waals surface area contributed by atoms with Crippen molar-refractivity contribution in [1.29, 1.82) is 0 Å². The zero-order chi connectivity index (χ0) is 21.3. The van der Waals surface area contributed by atoms with Crippen molar-refractivity contribution >= 4 is 45.8 Å². The molecule has 7 heteroatoms. The second kappa shape index (κ2) is 8.35. The van der Waals surface area contributed by atoms with Crippen molar-refractivity contribution < 1.29 is 14.0 Å². The minimum atomic E-state index is -1.19. The standard InChI is InChI=1S/C23H17FIN3O2/c1-28-19-13-7-4-10-16(19)20(14-8-2-5-11-17(14)24)26-21(23(28)30)27-22(29)15-9-3-6-12-18(15)25/h2-13,21H,1H3,(H,27,29)/t21-/m1/s1. The molecule has 30 heavy (non-hydrogen) atoms. The molecule has 0 unspecified atom stereocenters. The van der Waals surface area contributed by atoms with Gasteiger partial charge in [-0.2, -0.15) is 0 Å². The Kier molecular flexibility index (Phi) is 5.63. The summed E-state index contributed by atoms with van der Waals surface area (Å²) in [6, 6.07) is 20.5. The summed E-state index contributed by atoms with van der Waals surface area (Å²) in [5.74, 6) is -1.28. The summed E-state index contributed by atoms with van der Waals surface area (Å²) in [6.07, 6.45) is -1.19. The lowest BCUT2D eigenvalue weighted by molar-refractivity contribution is -0.119. The van der Waals surface area contributed by atoms with E-state index in [2.05, 4.69) is 32.9 Å². The number of carbonyl (C=O) groups is 2. The maximum absolute atomic E-state index is 14.6. The normalized spacial score (nSPS) is 15.8. The highest BCUT2D eigenvalue weighted by molar-refractivity contribution is 14.1. The first-order valence-corrected chi connectivity index (χ1v) is 10.3. The number of hydrogen-bond acceptors (Lipinski definition) is 3. The van der Waals surface area contributed by atoms with Gasteiger partial charge in [0.1, 0.15) is 5.82 Å². The Labute approximate surface area is 186 Å². The Morgan fingerprint density at radius 1 is 1.00 bits per heavy atom. The summed E-state index contributed by atoms with van der Waals surface area (Å²) >= 11 is 2.06. The van der Waals surface area contributed by atoms with Gasteiger partial charge in [-0.25, -0.2) is 9.38 Å². The maximum Gasteiger partial charge on any atom is 0.272 e. The molecule has 5 nitrogen and oxygen atoms in total. The third kappa shape index (κ3) is 3.72. The van der Waals surface area contributed by atoms with E-state index in [0.717, 1.165) is 3.57 Å². The van der Waals surface area contributed by atoms with Crippen molar-refractivity contribution in [3.05, 3.63) is 98.9 Å². The van der Waals surface area contributed by atoms with Gasteiger partial charge in [0.05, 0.1) is 17.0 Å². The lowest BCUT2D eigenvalue weighted by Gasteiger charge is -2.21. The molecule has 0 bridgehead atoms. The van der Waals surface area contributed by atoms with Crippen LogP contribution < -0.4 is 10.2 Å². The molecule has 3 aromatic carbocycles. The number of likely N-dealkylation sites (N-methyl/N-ethyl adjacent to an activating group) is 1. The number of nitrogens with one attached hydrogen (secondary N) is 1. The van der Waals surface area contributed by atoms with Crippen LogP contribution in [0.5, 0.6) is 0 Å². The average molecular weight is 513 g/mol. The molecule has 0 spiro atoms. The predicted octanol–water partition coefficient (Wildman–Crippen LogP) is 4.00. The number of benzodiazepines with no additional fused rings is 1. The van der Waals surface area contributed by atoms with Crippen molar-refractivity contribution in [3.8, 4) is 0 Å². The number of rotatable bonds is 3. The largest absolute Gasteiger partial charge is 0.322 e. The number of amides is 2. The van der Waals surface area contributed by atoms with Crippen molar-refractivity contribution in [2.45, 2.75) is 6.17 Å². The van der Waals surface area contributed by atoms with Gasteiger partial charge in [-0.1, -0.05) is 42.5 Å². The van der Waals surface area contributed by atoms with E-state index in [9.17, 15) is 14.0 Å². The highest BCUT2D eigenvalue weighted by Gasteiger charge is 2.32. The smallest absolute Gasteiger partial charge is 0.272 e. The Bertz CT molecular complexity index is 1180. The Hall–Kier alpha value is -3.07. The number of aliphatic imine (C=N–C) groups is 1. The van der Waals surface area contributed by atoms with Crippen LogP contribution in [0.2, 0.25) is 0 Å². The van der Waals surface area contributed by atoms with Crippen LogP contribution in [0.1, 0.15) is 21.5 Å². The van der Waals surface area contributed by atoms with E-state index in [4.69, 9.17) is 0 Å². The van der Waals surface area contributed by atoms with Crippen molar-refractivity contribution in [2.75, 3.05) is 11.9 Å². The SMILES string of the molecule is CN1C(=O)[C@@H](NC(=O)c2ccccc2I)N=C(c2ccccc2F)c2ccccc21. The summed E-state index contributed by atoms with van der Waals surface area (Å²) in [5, 5.41) is 2.71. The molecule has 2 amide bonds. The van der Waals surface area contributed by atoms with Crippen LogP contribution in [0.4, 0.5) is 10.1 Å². The number of anilines is 1. The molecule has 150 valence electrons. The van der Waals surface area contributed by atoms with E-state index in [1.54, 1.807) is 67.7 Å². The molecule has 4 rings (SSSR count). The molecule has 1 N–H and O–H groups in total. The predicted molar refractivity (Wildman–Crippen MR) is 122 cm³/mol. The van der Waals surface area contributed by atoms with Crippen LogP contribution in [-0.4, -0.2) is 30.7 Å². The molecular weight excluding hydrogens is 496 g/mol. The monoisotopic (exact) mass is 513 g/mol. The summed E-state index contributed by atoms with van der Waals surface area (Å²) in [4.78, 5) is 31.9. The zero-order valence-electron chi connectivity index (χ0n) is 16.0. The second-order valence-corrected chi connectivity index (χ2v) is 7.89. The van der Waals surface area contributed by atoms with Gasteiger partial charge in [-0.05, 0) is 52.9 Å². The molecule has 0 aromatic heterocycles. The number of fused-ring (bicyclic) bond motifs is 1. The number of halogens is 2. The van der Waals surface area contributed by atoms with E-state index in [1.165, 1.54) is 11.0 Å². The van der Waals surface area contributed by atoms with Crippen LogP contribution >= 0.6 is 22.6 Å². The van der Waals surface area contributed by atoms with Gasteiger partial charge in [0.15, 0.2) is 0 Å². The molecule has 0 saturated heterocycles. The van der Waals surface area contributed by atoms with Gasteiger partial charge >= 0.3 is 0 Å². The fourth-order valence-corrected chi connectivity index (χ4v) is 3.96. The first kappa shape index (κ1) is 20.2. The molecule has 0 radical (unpaired) electrons. The molecule has 3 aromatic rings. The van der Waals surface area contributed by atoms with Crippen LogP contribution in [0, 0.1) is 9.39 Å². The lowest BCUT2D eigenvalue weighted by atomic mass is 10.00. The fraction of sp³-hybridized carbons (Fsp3) is 0.0870. The number of hydrogen-bond donors (Lipinski definition) is 1. The van der Waals surface area contributed by atoms with Gasteiger partial charge in [-0.3, -0.25) is 9.59 Å². The number of carbonyl (C=O) groups excluding carboxylic acids is 2. The lowest BCUT2D eigenvalue weighted by Crippen LogP contribution is -2.46. The van der Waals surface area contributed by atoms with Gasteiger partial charge in [0.25, 0.3) is 11.8 Å². The Morgan fingerprint density at radius 3 is 2.37 bits per heavy atom. The summed E-state index contributed by atoms with van der Waals surface area (Å²) in [7, 11) is 1.62. The average Bonchev–Trinajstić information content (AvgIpc) is 2.85. The first-order chi connectivity index (χ1) is 14.5. The number of benzene rings is 3. The van der Waals surface area contributed by atoms with Gasteiger partial charge < -0.3 is 10.2 Å². The molecule has 0 fully saturated rings. The van der Waals surface area contributed by atoms with Crippen LogP contribution in [0.15, 0.2) is 77.8 Å². The van der Waals surface area contributed by atoms with E-state index < -0.39 is 23.8 Å². The zero-order valence-corrected chi connectivity index (χ0v) is 18.1. The van der Waals surface area contributed by atoms with Crippen LogP contribution in [0.3, 0.4) is 0 Å². The Balaban J connectivity index is 1.82. The van der Waals surface area contributed by atoms with Crippen molar-refractivity contribution in [1.82, 2.24) is 5.32 Å². The third-order valence-corrected chi connectivity index (χ3v) is 5.80. The van der Waals surface area contributed by atoms with E-state index in [1.807, 2.05) is 6.07 Å². The Morgan fingerprint density at radius 2 is 1.63 bits per heavy atom. The molecule has 1 atom stereocenters. The van der Waals surface area contributed by atoms with E-state index >= 15 is 0 Å². The van der Waals surface area contributed by atoms with Crippen LogP contribution in [0.25, 0.3) is 0 Å². The highest BCUT2D eigenvalue weighted by atomic mass is 127. The summed E-state index contributed by atoms with van der Waals surface area (Å²) < 4.78 is 15.4. The summed E-state index contributed by atoms with van der Waals surface area (Å²) in [5.41, 5.74) is 2.23. The summed E-state index contributed by atoms with van der Waals surface area (Å²) in [6.45, 7) is 0. The quantitative estimate of drug-likeness (QED) is 0.539. The first-order valence-electron chi connectivity index (χ1n) is 9.22. The second-order valence-electron chi connectivity index (χ2n) is 6.73. The number of nitrogens with zero attached hydrogens (tertiary/aromatic N) is 2. The molecule has 1 aliphatic rings. The third-order valence-electron chi connectivity index (χ3n) is 4.86. The topological polar surface area (TPSA) is 61.8 Å². The van der Waals surface area contributed by atoms with Crippen molar-refractivity contribution in [2.24, 2.45) is 4.99 Å². The molecular formula is C23H17FIN3O2. The van der Waals surface area contributed by atoms with Gasteiger partial charge in [0.2, 0.25) is 6.17 Å². The maximum atomic E-state index is 14.6.